The molecule has 0 radical (unpaired) electrons. The van der Waals surface area contributed by atoms with Gasteiger partial charge in [-0.3, -0.25) is 9.59 Å². The monoisotopic (exact) mass is 823 g/mol. The van der Waals surface area contributed by atoms with E-state index >= 15 is 0 Å². The summed E-state index contributed by atoms with van der Waals surface area (Å²) in [6.07, 6.45) is 11.4. The summed E-state index contributed by atoms with van der Waals surface area (Å²) >= 11 is 0. The molecule has 0 N–H and O–H groups in total. The molecule has 0 bridgehead atoms. The number of hydrogen-bond donors (Lipinski definition) is 0. The molecule has 0 amide bonds. The van der Waals surface area contributed by atoms with Crippen molar-refractivity contribution < 1.29 is 28.7 Å². The van der Waals surface area contributed by atoms with E-state index in [1.54, 1.807) is 0 Å². The Morgan fingerprint density at radius 1 is 0.517 bits per heavy atom. The van der Waals surface area contributed by atoms with Gasteiger partial charge in [-0.05, 0) is 120 Å². The van der Waals surface area contributed by atoms with Gasteiger partial charge in [-0.15, -0.1) is 0 Å². The first kappa shape index (κ1) is 51.8. The van der Waals surface area contributed by atoms with Gasteiger partial charge in [0, 0.05) is 12.2 Å². The number of carbonyl (C=O) groups excluding carboxylic acids is 4. The molecule has 2 aliphatic rings. The fourth-order valence-corrected chi connectivity index (χ4v) is 7.77. The molecule has 1 saturated heterocycles. The van der Waals surface area contributed by atoms with Crippen molar-refractivity contribution in [1.29, 1.82) is 0 Å². The van der Waals surface area contributed by atoms with E-state index in [9.17, 15) is 19.2 Å². The van der Waals surface area contributed by atoms with Gasteiger partial charge in [0.2, 0.25) is 0 Å². The van der Waals surface area contributed by atoms with Crippen molar-refractivity contribution in [3.05, 3.63) is 118 Å². The zero-order chi connectivity index (χ0) is 45.3. The quantitative estimate of drug-likeness (QED) is 0.134. The molecule has 2 heterocycles. The van der Waals surface area contributed by atoms with Gasteiger partial charge in [0.1, 0.15) is 0 Å². The molecule has 6 nitrogen and oxygen atoms in total. The summed E-state index contributed by atoms with van der Waals surface area (Å²) in [7, 11) is 0. The maximum atomic E-state index is 11.5. The highest BCUT2D eigenvalue weighted by molar-refractivity contribution is 6.04. The van der Waals surface area contributed by atoms with Crippen LogP contribution in [0, 0.1) is 29.1 Å². The minimum atomic E-state index is -0.579. The van der Waals surface area contributed by atoms with Crippen molar-refractivity contribution in [2.45, 2.75) is 172 Å². The fourth-order valence-electron chi connectivity index (χ4n) is 7.77. The van der Waals surface area contributed by atoms with Gasteiger partial charge in [-0.2, -0.15) is 0 Å². The highest BCUT2D eigenvalue weighted by Crippen LogP contribution is 2.36. The number of ether oxygens (including phenoxy) is 2. The summed E-state index contributed by atoms with van der Waals surface area (Å²) in [5.74, 6) is -0.260. The zero-order valence-electron chi connectivity index (χ0n) is 39.7. The number of benzene rings is 3. The van der Waals surface area contributed by atoms with Crippen molar-refractivity contribution in [1.82, 2.24) is 0 Å². The summed E-state index contributed by atoms with van der Waals surface area (Å²) in [5, 5.41) is 0. The summed E-state index contributed by atoms with van der Waals surface area (Å²) in [6, 6.07) is 26.7. The molecule has 3 aromatic carbocycles. The SMILES string of the molecule is CCC(CC(C)(C)C)c1ccc(C)cc1.CCC(CC(C)(C)C)c1ccc(CC2CC(=O)OC2=O)cc1.CCc1ccc(C(CC)CC(C)(C)C)cc1.O=C1C=CC(=O)O1. The lowest BCUT2D eigenvalue weighted by Gasteiger charge is -2.25. The highest BCUT2D eigenvalue weighted by Gasteiger charge is 2.33. The topological polar surface area (TPSA) is 86.7 Å². The number of aryl methyl sites for hydroxylation is 2. The first-order valence-corrected chi connectivity index (χ1v) is 22.4. The van der Waals surface area contributed by atoms with Gasteiger partial charge >= 0.3 is 23.9 Å². The summed E-state index contributed by atoms with van der Waals surface area (Å²) < 4.78 is 8.57. The van der Waals surface area contributed by atoms with Crippen LogP contribution in [0.4, 0.5) is 0 Å². The molecular weight excluding hydrogens is 745 g/mol. The molecule has 60 heavy (non-hydrogen) atoms. The van der Waals surface area contributed by atoms with Crippen LogP contribution in [0.15, 0.2) is 84.9 Å². The number of rotatable bonds is 12. The maximum Gasteiger partial charge on any atom is 0.338 e. The summed E-state index contributed by atoms with van der Waals surface area (Å²) in [5.41, 5.74) is 9.40. The average molecular weight is 823 g/mol. The lowest BCUT2D eigenvalue weighted by atomic mass is 9.80. The van der Waals surface area contributed by atoms with E-state index in [1.807, 2.05) is 0 Å². The van der Waals surface area contributed by atoms with Gasteiger partial charge in [-0.1, -0.05) is 168 Å². The Morgan fingerprint density at radius 3 is 1.13 bits per heavy atom. The van der Waals surface area contributed by atoms with Gasteiger partial charge in [0.15, 0.2) is 0 Å². The second kappa shape index (κ2) is 24.2. The Kier molecular flexibility index (Phi) is 20.9. The minimum Gasteiger partial charge on any atom is -0.393 e. The molecule has 0 spiro atoms. The van der Waals surface area contributed by atoms with E-state index < -0.39 is 17.9 Å². The third-order valence-electron chi connectivity index (χ3n) is 10.9. The second-order valence-electron chi connectivity index (χ2n) is 20.3. The Labute approximate surface area is 364 Å². The number of esters is 4. The van der Waals surface area contributed by atoms with Crippen molar-refractivity contribution in [3.63, 3.8) is 0 Å². The van der Waals surface area contributed by atoms with Gasteiger partial charge < -0.3 is 9.47 Å². The largest absolute Gasteiger partial charge is 0.393 e. The molecule has 330 valence electrons. The van der Waals surface area contributed by atoms with Crippen LogP contribution < -0.4 is 0 Å². The van der Waals surface area contributed by atoms with Crippen molar-refractivity contribution in [2.75, 3.05) is 0 Å². The average Bonchev–Trinajstić information content (AvgIpc) is 3.72. The van der Waals surface area contributed by atoms with Crippen LogP contribution >= 0.6 is 0 Å². The molecule has 1 fully saturated rings. The summed E-state index contributed by atoms with van der Waals surface area (Å²) in [6.45, 7) is 31.9. The van der Waals surface area contributed by atoms with Crippen LogP contribution in [0.5, 0.6) is 0 Å². The first-order valence-electron chi connectivity index (χ1n) is 22.4. The maximum absolute atomic E-state index is 11.5. The number of hydrogen-bond acceptors (Lipinski definition) is 6. The van der Waals surface area contributed by atoms with Crippen LogP contribution in [0.1, 0.15) is 186 Å². The molecule has 4 unspecified atom stereocenters. The molecule has 5 rings (SSSR count). The predicted molar refractivity (Wildman–Crippen MR) is 248 cm³/mol. The molecule has 3 aromatic rings. The van der Waals surface area contributed by atoms with E-state index in [4.69, 9.17) is 0 Å². The molecule has 0 aliphatic carbocycles. The molecule has 6 heteroatoms. The van der Waals surface area contributed by atoms with Crippen molar-refractivity contribution in [3.8, 4) is 0 Å². The molecule has 4 atom stereocenters. The third kappa shape index (κ3) is 20.3. The second-order valence-corrected chi connectivity index (χ2v) is 20.3. The van der Waals surface area contributed by atoms with Crippen LogP contribution in [0.25, 0.3) is 0 Å². The van der Waals surface area contributed by atoms with E-state index in [0.29, 0.717) is 40.4 Å². The Balaban J connectivity index is 0.000000292. The predicted octanol–water partition coefficient (Wildman–Crippen LogP) is 14.0. The zero-order valence-corrected chi connectivity index (χ0v) is 39.7. The van der Waals surface area contributed by atoms with E-state index in [2.05, 4.69) is 179 Å². The Morgan fingerprint density at radius 2 is 0.867 bits per heavy atom. The number of cyclic esters (lactones) is 4. The van der Waals surface area contributed by atoms with Crippen LogP contribution in [-0.2, 0) is 41.5 Å². The standard InChI is InChI=1S/C19H26O3.C16H26.C15H24.C4H2O3/c1-5-14(12-19(2,3)4)15-8-6-13(7-9-15)10-16-11-17(20)22-18(16)21;1-6-13-8-10-15(11-9-13)14(7-2)12-16(3,4)5;1-6-13(11-15(3,4)5)14-9-7-12(2)8-10-14;5-3-1-2-4(6)7-3/h6-9,14,16H,5,10-12H2,1-4H3;8-11,14H,6-7,12H2,1-5H3;7-10,13H,6,11H2,1-5H3;1-2H. The smallest absolute Gasteiger partial charge is 0.338 e. The van der Waals surface area contributed by atoms with E-state index in [0.717, 1.165) is 37.0 Å². The third-order valence-corrected chi connectivity index (χ3v) is 10.9. The first-order chi connectivity index (χ1) is 27.9. The highest BCUT2D eigenvalue weighted by atomic mass is 16.6. The lowest BCUT2D eigenvalue weighted by Crippen LogP contribution is -2.12. The molecular formula is C54H78O6. The fraction of sp³-hybridized carbons (Fsp3) is 0.556. The Bertz CT molecular complexity index is 1780. The van der Waals surface area contributed by atoms with Crippen LogP contribution in [0.3, 0.4) is 0 Å². The summed E-state index contributed by atoms with van der Waals surface area (Å²) in [4.78, 5) is 42.5. The van der Waals surface area contributed by atoms with Gasteiger partial charge in [-0.25, -0.2) is 9.59 Å². The molecule has 2 aliphatic heterocycles. The van der Waals surface area contributed by atoms with Gasteiger partial charge in [0.25, 0.3) is 0 Å². The van der Waals surface area contributed by atoms with Crippen LogP contribution in [-0.4, -0.2) is 23.9 Å². The Hall–Kier alpha value is -4.32. The van der Waals surface area contributed by atoms with Crippen molar-refractivity contribution in [2.24, 2.45) is 22.2 Å². The lowest BCUT2D eigenvalue weighted by molar-refractivity contribution is -0.153. The molecule has 0 aromatic heterocycles. The van der Waals surface area contributed by atoms with E-state index in [1.165, 1.54) is 53.5 Å². The minimum absolute atomic E-state index is 0.211. The normalized spacial score (nSPS) is 16.6. The van der Waals surface area contributed by atoms with Crippen molar-refractivity contribution >= 4 is 23.9 Å². The van der Waals surface area contributed by atoms with Crippen LogP contribution in [0.2, 0.25) is 0 Å². The molecule has 0 saturated carbocycles. The number of carbonyl (C=O) groups is 4. The van der Waals surface area contributed by atoms with Gasteiger partial charge in [0.05, 0.1) is 12.3 Å². The van der Waals surface area contributed by atoms with E-state index in [-0.39, 0.29) is 18.3 Å².